The lowest BCUT2D eigenvalue weighted by Gasteiger charge is -2.29. The molecule has 0 radical (unpaired) electrons. The van der Waals surface area contributed by atoms with Gasteiger partial charge in [-0.25, -0.2) is 0 Å². The molecule has 0 N–H and O–H groups in total. The molecule has 2 aromatic rings. The maximum atomic E-state index is 12.5. The number of para-hydroxylation sites is 1. The van der Waals surface area contributed by atoms with E-state index >= 15 is 0 Å². The summed E-state index contributed by atoms with van der Waals surface area (Å²) in [6, 6.07) is 11.8. The molecule has 1 aliphatic heterocycles. The van der Waals surface area contributed by atoms with Crippen molar-refractivity contribution in [2.75, 3.05) is 18.7 Å². The summed E-state index contributed by atoms with van der Waals surface area (Å²) < 4.78 is 5.27. The Bertz CT molecular complexity index is 679. The van der Waals surface area contributed by atoms with Gasteiger partial charge in [0.25, 0.3) is 0 Å². The van der Waals surface area contributed by atoms with Crippen LogP contribution < -0.4 is 5.01 Å². The Balaban J connectivity index is 2.13. The second kappa shape index (κ2) is 5.69. The molecule has 0 bridgehead atoms. The zero-order valence-electron chi connectivity index (χ0n) is 11.9. The van der Waals surface area contributed by atoms with Crippen molar-refractivity contribution in [2.45, 2.75) is 12.8 Å². The monoisotopic (exact) mass is 300 g/mol. The van der Waals surface area contributed by atoms with Crippen molar-refractivity contribution in [3.8, 4) is 0 Å². The van der Waals surface area contributed by atoms with Crippen molar-refractivity contribution in [1.29, 1.82) is 0 Å². The van der Waals surface area contributed by atoms with Crippen LogP contribution in [0.5, 0.6) is 0 Å². The van der Waals surface area contributed by atoms with Gasteiger partial charge in [-0.15, -0.1) is 11.3 Å². The molecule has 4 nitrogen and oxygen atoms in total. The largest absolute Gasteiger partial charge is 0.465 e. The fraction of sp³-hybridized carbons (Fsp3) is 0.250. The molecule has 0 spiro atoms. The number of fused-ring (bicyclic) bond motifs is 1. The second-order valence-corrected chi connectivity index (χ2v) is 5.68. The molecular formula is C16H16N2O2S. The van der Waals surface area contributed by atoms with Crippen molar-refractivity contribution < 1.29 is 9.53 Å². The van der Waals surface area contributed by atoms with Gasteiger partial charge in [-0.05, 0) is 30.0 Å². The van der Waals surface area contributed by atoms with E-state index in [0.29, 0.717) is 6.61 Å². The predicted molar refractivity (Wildman–Crippen MR) is 85.1 cm³/mol. The van der Waals surface area contributed by atoms with Gasteiger partial charge in [-0.1, -0.05) is 24.3 Å². The highest BCUT2D eigenvalue weighted by atomic mass is 32.1. The van der Waals surface area contributed by atoms with Crippen LogP contribution in [0.2, 0.25) is 0 Å². The molecule has 0 amide bonds. The van der Waals surface area contributed by atoms with Crippen LogP contribution in [0.4, 0.5) is 5.69 Å². The van der Waals surface area contributed by atoms with Gasteiger partial charge in [0.1, 0.15) is 5.92 Å². The number of anilines is 1. The van der Waals surface area contributed by atoms with Gasteiger partial charge in [0.05, 0.1) is 22.9 Å². The molecule has 1 aliphatic rings. The average Bonchev–Trinajstić information content (AvgIpc) is 3.01. The van der Waals surface area contributed by atoms with Gasteiger partial charge in [0.15, 0.2) is 0 Å². The number of hydrogen-bond donors (Lipinski definition) is 0. The zero-order chi connectivity index (χ0) is 14.8. The summed E-state index contributed by atoms with van der Waals surface area (Å²) in [7, 11) is 1.90. The lowest BCUT2D eigenvalue weighted by atomic mass is 9.90. The van der Waals surface area contributed by atoms with Crippen LogP contribution in [0, 0.1) is 0 Å². The summed E-state index contributed by atoms with van der Waals surface area (Å²) in [6.07, 6.45) is 0. The molecule has 1 unspecified atom stereocenters. The van der Waals surface area contributed by atoms with Gasteiger partial charge in [0, 0.05) is 7.05 Å². The Kier molecular flexibility index (Phi) is 3.75. The predicted octanol–water partition coefficient (Wildman–Crippen LogP) is 3.25. The number of ether oxygens (including phenoxy) is 1. The highest BCUT2D eigenvalue weighted by Gasteiger charge is 2.35. The fourth-order valence-electron chi connectivity index (χ4n) is 2.53. The third-order valence-corrected chi connectivity index (χ3v) is 4.32. The summed E-state index contributed by atoms with van der Waals surface area (Å²) in [6.45, 7) is 2.19. The number of esters is 1. The minimum Gasteiger partial charge on any atom is -0.465 e. The van der Waals surface area contributed by atoms with Crippen LogP contribution in [0.1, 0.15) is 23.3 Å². The lowest BCUT2D eigenvalue weighted by molar-refractivity contribution is -0.143. The maximum Gasteiger partial charge on any atom is 0.319 e. The van der Waals surface area contributed by atoms with Crippen molar-refractivity contribution in [3.05, 3.63) is 52.2 Å². The van der Waals surface area contributed by atoms with E-state index < -0.39 is 5.92 Å². The molecule has 1 aromatic carbocycles. The number of hydrogen-bond acceptors (Lipinski definition) is 5. The normalized spacial score (nSPS) is 17.1. The fourth-order valence-corrected chi connectivity index (χ4v) is 3.27. The summed E-state index contributed by atoms with van der Waals surface area (Å²) in [5.74, 6) is -0.707. The van der Waals surface area contributed by atoms with E-state index in [4.69, 9.17) is 4.74 Å². The number of thiophene rings is 1. The number of benzene rings is 1. The average molecular weight is 300 g/mol. The molecule has 0 saturated heterocycles. The SMILES string of the molecule is CCOC(=O)C1C(c2cccs2)=NN(C)c2ccccc21. The molecule has 0 saturated carbocycles. The molecule has 108 valence electrons. The third kappa shape index (κ3) is 2.45. The van der Waals surface area contributed by atoms with Gasteiger partial charge in [0.2, 0.25) is 0 Å². The molecule has 1 aromatic heterocycles. The quantitative estimate of drug-likeness (QED) is 0.817. The standard InChI is InChI=1S/C16H16N2O2S/c1-3-20-16(19)14-11-7-4-5-8-12(11)18(2)17-15(14)13-9-6-10-21-13/h4-10,14H,3H2,1-2H3. The Labute approximate surface area is 127 Å². The van der Waals surface area contributed by atoms with Crippen molar-refractivity contribution in [1.82, 2.24) is 0 Å². The number of carbonyl (C=O) groups is 1. The topological polar surface area (TPSA) is 41.9 Å². The Morgan fingerprint density at radius 1 is 1.33 bits per heavy atom. The van der Waals surface area contributed by atoms with Crippen LogP contribution in [0.15, 0.2) is 46.9 Å². The molecule has 0 aliphatic carbocycles. The van der Waals surface area contributed by atoms with Crippen LogP contribution in [-0.4, -0.2) is 25.3 Å². The Morgan fingerprint density at radius 2 is 2.14 bits per heavy atom. The van der Waals surface area contributed by atoms with E-state index in [1.165, 1.54) is 0 Å². The lowest BCUT2D eigenvalue weighted by Crippen LogP contribution is -2.32. The first-order chi connectivity index (χ1) is 10.2. The Hall–Kier alpha value is -2.14. The van der Waals surface area contributed by atoms with E-state index in [1.54, 1.807) is 11.3 Å². The first kappa shape index (κ1) is 13.8. The third-order valence-electron chi connectivity index (χ3n) is 3.42. The minimum atomic E-state index is -0.462. The number of nitrogens with zero attached hydrogens (tertiary/aromatic N) is 2. The summed E-state index contributed by atoms with van der Waals surface area (Å²) in [5.41, 5.74) is 2.64. The van der Waals surface area contributed by atoms with Crippen LogP contribution in [0.25, 0.3) is 0 Å². The van der Waals surface area contributed by atoms with Crippen molar-refractivity contribution in [2.24, 2.45) is 5.10 Å². The molecule has 1 atom stereocenters. The van der Waals surface area contributed by atoms with E-state index in [1.807, 2.05) is 60.8 Å². The van der Waals surface area contributed by atoms with Gasteiger partial charge < -0.3 is 4.74 Å². The van der Waals surface area contributed by atoms with E-state index in [2.05, 4.69) is 5.10 Å². The molecular weight excluding hydrogens is 284 g/mol. The number of carbonyl (C=O) groups excluding carboxylic acids is 1. The smallest absolute Gasteiger partial charge is 0.319 e. The maximum absolute atomic E-state index is 12.5. The number of rotatable bonds is 3. The van der Waals surface area contributed by atoms with Crippen LogP contribution >= 0.6 is 11.3 Å². The molecule has 3 rings (SSSR count). The first-order valence-corrected chi connectivity index (χ1v) is 7.72. The molecule has 5 heteroatoms. The van der Waals surface area contributed by atoms with Gasteiger partial charge in [-0.2, -0.15) is 5.10 Å². The van der Waals surface area contributed by atoms with Crippen LogP contribution in [-0.2, 0) is 9.53 Å². The molecule has 21 heavy (non-hydrogen) atoms. The van der Waals surface area contributed by atoms with Crippen LogP contribution in [0.3, 0.4) is 0 Å². The zero-order valence-corrected chi connectivity index (χ0v) is 12.8. The molecule has 0 fully saturated rings. The highest BCUT2D eigenvalue weighted by molar-refractivity contribution is 7.12. The first-order valence-electron chi connectivity index (χ1n) is 6.84. The molecule has 2 heterocycles. The van der Waals surface area contributed by atoms with E-state index in [0.717, 1.165) is 21.8 Å². The number of hydrazone groups is 1. The summed E-state index contributed by atoms with van der Waals surface area (Å²) in [5, 5.41) is 8.42. The van der Waals surface area contributed by atoms with Crippen molar-refractivity contribution in [3.63, 3.8) is 0 Å². The van der Waals surface area contributed by atoms with E-state index in [9.17, 15) is 4.79 Å². The van der Waals surface area contributed by atoms with Gasteiger partial charge >= 0.3 is 5.97 Å². The minimum absolute atomic E-state index is 0.245. The highest BCUT2D eigenvalue weighted by Crippen LogP contribution is 2.36. The summed E-state index contributed by atoms with van der Waals surface area (Å²) in [4.78, 5) is 13.5. The second-order valence-electron chi connectivity index (χ2n) is 4.73. The van der Waals surface area contributed by atoms with E-state index in [-0.39, 0.29) is 5.97 Å². The van der Waals surface area contributed by atoms with Gasteiger partial charge in [-0.3, -0.25) is 9.80 Å². The summed E-state index contributed by atoms with van der Waals surface area (Å²) >= 11 is 1.58. The van der Waals surface area contributed by atoms with Crippen molar-refractivity contribution >= 4 is 28.7 Å². The Morgan fingerprint density at radius 3 is 2.86 bits per heavy atom.